The first-order valence-corrected chi connectivity index (χ1v) is 10.7. The predicted octanol–water partition coefficient (Wildman–Crippen LogP) is 4.55. The quantitative estimate of drug-likeness (QED) is 0.487. The Balaban J connectivity index is 1.73. The molecule has 4 nitrogen and oxygen atoms in total. The number of thioether (sulfide) groups is 1. The lowest BCUT2D eigenvalue weighted by Crippen LogP contribution is -2.20. The molecule has 0 radical (unpaired) electrons. The van der Waals surface area contributed by atoms with E-state index in [0.717, 1.165) is 51.7 Å². The minimum absolute atomic E-state index is 0.0271. The number of thiophene rings is 1. The first kappa shape index (κ1) is 17.8. The van der Waals surface area contributed by atoms with Gasteiger partial charge in [-0.2, -0.15) is 0 Å². The topological polar surface area (TPSA) is 44.1 Å². The highest BCUT2D eigenvalue weighted by atomic mass is 32.2. The SMILES string of the molecule is Cc1ccc(-c2csc3nc(SC[C@@H]4CCCO4)n(C)c(=O)c23)cc1C. The lowest BCUT2D eigenvalue weighted by molar-refractivity contribution is 0.129. The number of ether oxygens (including phenoxy) is 1. The molecule has 3 aromatic rings. The molecule has 1 atom stereocenters. The van der Waals surface area contributed by atoms with E-state index in [1.807, 2.05) is 7.05 Å². The molecule has 2 aromatic heterocycles. The van der Waals surface area contributed by atoms with Crippen molar-refractivity contribution in [1.29, 1.82) is 0 Å². The number of rotatable bonds is 4. The standard InChI is InChI=1S/C20H22N2O2S2/c1-12-6-7-14(9-13(12)2)16-11-25-18-17(16)19(23)22(3)20(21-18)26-10-15-5-4-8-24-15/h6-7,9,11,15H,4-5,8,10H2,1-3H3/t15-/m0/s1. The Morgan fingerprint density at radius 3 is 2.92 bits per heavy atom. The van der Waals surface area contributed by atoms with Crippen LogP contribution in [-0.2, 0) is 11.8 Å². The maximum Gasteiger partial charge on any atom is 0.263 e. The fourth-order valence-corrected chi connectivity index (χ4v) is 5.27. The second kappa shape index (κ2) is 7.18. The van der Waals surface area contributed by atoms with Gasteiger partial charge in [0.2, 0.25) is 0 Å². The van der Waals surface area contributed by atoms with Crippen molar-refractivity contribution in [1.82, 2.24) is 9.55 Å². The molecule has 136 valence electrons. The number of benzene rings is 1. The summed E-state index contributed by atoms with van der Waals surface area (Å²) in [5.41, 5.74) is 4.58. The van der Waals surface area contributed by atoms with Crippen LogP contribution in [-0.4, -0.2) is 28.0 Å². The van der Waals surface area contributed by atoms with Crippen LogP contribution in [0, 0.1) is 13.8 Å². The summed E-state index contributed by atoms with van der Waals surface area (Å²) in [7, 11) is 1.81. The Morgan fingerprint density at radius 2 is 2.19 bits per heavy atom. The molecule has 1 aliphatic rings. The molecular weight excluding hydrogens is 364 g/mol. The van der Waals surface area contributed by atoms with E-state index in [-0.39, 0.29) is 11.7 Å². The van der Waals surface area contributed by atoms with Crippen LogP contribution in [0.2, 0.25) is 0 Å². The van der Waals surface area contributed by atoms with E-state index in [2.05, 4.69) is 37.4 Å². The van der Waals surface area contributed by atoms with Crippen LogP contribution in [0.3, 0.4) is 0 Å². The summed E-state index contributed by atoms with van der Waals surface area (Å²) >= 11 is 3.16. The van der Waals surface area contributed by atoms with E-state index in [1.54, 1.807) is 27.7 Å². The van der Waals surface area contributed by atoms with Crippen molar-refractivity contribution >= 4 is 33.3 Å². The molecule has 26 heavy (non-hydrogen) atoms. The summed E-state index contributed by atoms with van der Waals surface area (Å²) in [6.45, 7) is 5.05. The van der Waals surface area contributed by atoms with Gasteiger partial charge in [-0.05, 0) is 43.4 Å². The lowest BCUT2D eigenvalue weighted by atomic mass is 10.0. The predicted molar refractivity (Wildman–Crippen MR) is 109 cm³/mol. The van der Waals surface area contributed by atoms with Crippen molar-refractivity contribution in [2.45, 2.75) is 37.9 Å². The van der Waals surface area contributed by atoms with Crippen LogP contribution in [0.15, 0.2) is 33.5 Å². The minimum atomic E-state index is 0.0271. The van der Waals surface area contributed by atoms with Crippen molar-refractivity contribution in [3.05, 3.63) is 45.1 Å². The van der Waals surface area contributed by atoms with Crippen LogP contribution in [0.1, 0.15) is 24.0 Å². The van der Waals surface area contributed by atoms with Crippen molar-refractivity contribution in [3.63, 3.8) is 0 Å². The molecule has 4 rings (SSSR count). The monoisotopic (exact) mass is 386 g/mol. The highest BCUT2D eigenvalue weighted by Crippen LogP contribution is 2.33. The molecule has 0 spiro atoms. The van der Waals surface area contributed by atoms with Crippen molar-refractivity contribution < 1.29 is 4.74 Å². The van der Waals surface area contributed by atoms with E-state index in [1.165, 1.54) is 11.1 Å². The molecule has 0 unspecified atom stereocenters. The summed E-state index contributed by atoms with van der Waals surface area (Å²) in [5.74, 6) is 0.848. The summed E-state index contributed by atoms with van der Waals surface area (Å²) < 4.78 is 7.36. The maximum absolute atomic E-state index is 13.0. The average Bonchev–Trinajstić information content (AvgIpc) is 3.29. The molecule has 1 aliphatic heterocycles. The molecule has 0 saturated carbocycles. The van der Waals surface area contributed by atoms with Gasteiger partial charge in [0.15, 0.2) is 5.16 Å². The van der Waals surface area contributed by atoms with Crippen LogP contribution in [0.25, 0.3) is 21.3 Å². The second-order valence-electron chi connectivity index (χ2n) is 6.83. The Bertz CT molecular complexity index is 1020. The van der Waals surface area contributed by atoms with Crippen molar-refractivity contribution in [2.75, 3.05) is 12.4 Å². The first-order chi connectivity index (χ1) is 12.5. The van der Waals surface area contributed by atoms with Crippen LogP contribution < -0.4 is 5.56 Å². The first-order valence-electron chi connectivity index (χ1n) is 8.85. The molecule has 1 aromatic carbocycles. The Labute approximate surface area is 161 Å². The maximum atomic E-state index is 13.0. The molecule has 1 saturated heterocycles. The van der Waals surface area contributed by atoms with E-state index in [4.69, 9.17) is 9.72 Å². The molecule has 1 fully saturated rings. The van der Waals surface area contributed by atoms with Gasteiger partial charge in [-0.1, -0.05) is 30.0 Å². The minimum Gasteiger partial charge on any atom is -0.377 e. The van der Waals surface area contributed by atoms with Gasteiger partial charge in [-0.15, -0.1) is 11.3 Å². The van der Waals surface area contributed by atoms with E-state index >= 15 is 0 Å². The third-order valence-electron chi connectivity index (χ3n) is 5.01. The number of fused-ring (bicyclic) bond motifs is 1. The van der Waals surface area contributed by atoms with Gasteiger partial charge in [0.1, 0.15) is 4.83 Å². The molecular formula is C20H22N2O2S2. The van der Waals surface area contributed by atoms with Crippen molar-refractivity contribution in [2.24, 2.45) is 7.05 Å². The third kappa shape index (κ3) is 3.21. The van der Waals surface area contributed by atoms with Crippen LogP contribution >= 0.6 is 23.1 Å². The highest BCUT2D eigenvalue weighted by Gasteiger charge is 2.19. The van der Waals surface area contributed by atoms with Crippen molar-refractivity contribution in [3.8, 4) is 11.1 Å². The second-order valence-corrected chi connectivity index (χ2v) is 8.68. The Kier molecular flexibility index (Phi) is 4.90. The van der Waals surface area contributed by atoms with Gasteiger partial charge in [-0.3, -0.25) is 9.36 Å². The Morgan fingerprint density at radius 1 is 1.35 bits per heavy atom. The number of aryl methyl sites for hydroxylation is 2. The van der Waals surface area contributed by atoms with Gasteiger partial charge < -0.3 is 4.74 Å². The van der Waals surface area contributed by atoms with E-state index < -0.39 is 0 Å². The zero-order chi connectivity index (χ0) is 18.3. The number of aromatic nitrogens is 2. The molecule has 0 aliphatic carbocycles. The molecule has 0 N–H and O–H groups in total. The highest BCUT2D eigenvalue weighted by molar-refractivity contribution is 7.99. The number of nitrogens with zero attached hydrogens (tertiary/aromatic N) is 2. The van der Waals surface area contributed by atoms with Crippen LogP contribution in [0.4, 0.5) is 0 Å². The summed E-state index contributed by atoms with van der Waals surface area (Å²) in [4.78, 5) is 18.6. The van der Waals surface area contributed by atoms with Gasteiger partial charge >= 0.3 is 0 Å². The van der Waals surface area contributed by atoms with E-state index in [9.17, 15) is 4.79 Å². The zero-order valence-electron chi connectivity index (χ0n) is 15.2. The molecule has 6 heteroatoms. The third-order valence-corrected chi connectivity index (χ3v) is 7.05. The van der Waals surface area contributed by atoms with Gasteiger partial charge in [0, 0.05) is 30.4 Å². The normalized spacial score (nSPS) is 17.3. The summed E-state index contributed by atoms with van der Waals surface area (Å²) in [5, 5.41) is 3.55. The van der Waals surface area contributed by atoms with Gasteiger partial charge in [0.05, 0.1) is 11.5 Å². The van der Waals surface area contributed by atoms with Gasteiger partial charge in [-0.25, -0.2) is 4.98 Å². The summed E-state index contributed by atoms with van der Waals surface area (Å²) in [6.07, 6.45) is 2.50. The molecule has 3 heterocycles. The average molecular weight is 387 g/mol. The number of hydrogen-bond donors (Lipinski definition) is 0. The fraction of sp³-hybridized carbons (Fsp3) is 0.400. The van der Waals surface area contributed by atoms with E-state index in [0.29, 0.717) is 0 Å². The zero-order valence-corrected chi connectivity index (χ0v) is 16.9. The Hall–Kier alpha value is -1.63. The molecule has 0 amide bonds. The smallest absolute Gasteiger partial charge is 0.263 e. The fourth-order valence-electron chi connectivity index (χ4n) is 3.25. The largest absolute Gasteiger partial charge is 0.377 e. The van der Waals surface area contributed by atoms with Gasteiger partial charge in [0.25, 0.3) is 5.56 Å². The number of hydrogen-bond acceptors (Lipinski definition) is 5. The van der Waals surface area contributed by atoms with Crippen LogP contribution in [0.5, 0.6) is 0 Å². The lowest BCUT2D eigenvalue weighted by Gasteiger charge is -2.11. The molecule has 0 bridgehead atoms. The summed E-state index contributed by atoms with van der Waals surface area (Å²) in [6, 6.07) is 6.34.